The van der Waals surface area contributed by atoms with Gasteiger partial charge in [-0.3, -0.25) is 4.79 Å². The lowest BCUT2D eigenvalue weighted by Crippen LogP contribution is -2.38. The van der Waals surface area contributed by atoms with Crippen molar-refractivity contribution in [3.05, 3.63) is 23.7 Å². The second kappa shape index (κ2) is 6.86. The quantitative estimate of drug-likeness (QED) is 0.826. The number of hydrogen-bond acceptors (Lipinski definition) is 5. The third-order valence-corrected chi connectivity index (χ3v) is 6.50. The van der Waals surface area contributed by atoms with E-state index in [2.05, 4.69) is 27.2 Å². The average molecular weight is 368 g/mol. The van der Waals surface area contributed by atoms with Crippen molar-refractivity contribution in [2.45, 2.75) is 50.9 Å². The third kappa shape index (κ3) is 3.45. The van der Waals surface area contributed by atoms with E-state index in [4.69, 9.17) is 5.10 Å². The zero-order valence-electron chi connectivity index (χ0n) is 16.0. The van der Waals surface area contributed by atoms with Gasteiger partial charge in [0.1, 0.15) is 0 Å². The fourth-order valence-electron chi connectivity index (χ4n) is 4.68. The molecule has 2 aromatic rings. The summed E-state index contributed by atoms with van der Waals surface area (Å²) in [7, 11) is 0. The molecule has 0 bridgehead atoms. The molecule has 5 rings (SSSR count). The molecule has 1 saturated carbocycles. The van der Waals surface area contributed by atoms with Crippen LogP contribution in [0.15, 0.2) is 12.1 Å². The Bertz CT molecular complexity index is 836. The highest BCUT2D eigenvalue weighted by atomic mass is 16.2. The lowest BCUT2D eigenvalue weighted by atomic mass is 9.95. The molecule has 1 unspecified atom stereocenters. The van der Waals surface area contributed by atoms with Gasteiger partial charge in [-0.25, -0.2) is 0 Å². The van der Waals surface area contributed by atoms with Gasteiger partial charge in [0.15, 0.2) is 11.5 Å². The van der Waals surface area contributed by atoms with Gasteiger partial charge < -0.3 is 9.80 Å². The number of amides is 1. The smallest absolute Gasteiger partial charge is 0.219 e. The molecule has 7 heteroatoms. The van der Waals surface area contributed by atoms with E-state index in [1.54, 1.807) is 6.92 Å². The Labute approximate surface area is 159 Å². The Kier molecular flexibility index (Phi) is 4.34. The highest BCUT2D eigenvalue weighted by Gasteiger charge is 2.30. The number of fused-ring (bicyclic) bond motifs is 1. The molecular weight excluding hydrogens is 340 g/mol. The number of hydrogen-bond donors (Lipinski definition) is 0. The van der Waals surface area contributed by atoms with Crippen molar-refractivity contribution < 1.29 is 4.79 Å². The zero-order chi connectivity index (χ0) is 18.4. The van der Waals surface area contributed by atoms with E-state index in [1.165, 1.54) is 18.5 Å². The van der Waals surface area contributed by atoms with Gasteiger partial charge in [0.2, 0.25) is 5.91 Å². The number of aromatic nitrogens is 4. The van der Waals surface area contributed by atoms with Gasteiger partial charge in [0.05, 0.1) is 5.69 Å². The fraction of sp³-hybridized carbons (Fsp3) is 0.700. The van der Waals surface area contributed by atoms with Gasteiger partial charge in [-0.2, -0.15) is 9.61 Å². The molecule has 0 spiro atoms. The number of rotatable bonds is 4. The highest BCUT2D eigenvalue weighted by molar-refractivity contribution is 5.73. The van der Waals surface area contributed by atoms with Crippen LogP contribution in [0.5, 0.6) is 0 Å². The third-order valence-electron chi connectivity index (χ3n) is 6.50. The predicted octanol–water partition coefficient (Wildman–Crippen LogP) is 2.05. The number of piperidine rings is 1. The Hall–Kier alpha value is -2.02. The minimum Gasteiger partial charge on any atom is -0.343 e. The summed E-state index contributed by atoms with van der Waals surface area (Å²) in [5.74, 6) is 2.97. The summed E-state index contributed by atoms with van der Waals surface area (Å²) in [5.41, 5.74) is 2.06. The molecule has 0 radical (unpaired) electrons. The number of carbonyl (C=O) groups excluding carboxylic acids is 1. The van der Waals surface area contributed by atoms with E-state index in [0.29, 0.717) is 17.8 Å². The van der Waals surface area contributed by atoms with Crippen LogP contribution in [0.4, 0.5) is 0 Å². The molecule has 2 aliphatic heterocycles. The Morgan fingerprint density at radius 1 is 1.04 bits per heavy atom. The van der Waals surface area contributed by atoms with Gasteiger partial charge in [0, 0.05) is 38.4 Å². The van der Waals surface area contributed by atoms with Crippen LogP contribution in [-0.4, -0.2) is 68.2 Å². The van der Waals surface area contributed by atoms with E-state index >= 15 is 0 Å². The summed E-state index contributed by atoms with van der Waals surface area (Å²) in [6.07, 6.45) is 5.88. The average Bonchev–Trinajstić information content (AvgIpc) is 3.27. The van der Waals surface area contributed by atoms with Crippen molar-refractivity contribution in [2.24, 2.45) is 5.92 Å². The SMILES string of the molecule is CC(=O)N1CCC(CN2CCC(c3nnc4ccc(C5CC5)nn34)CC2)C1. The predicted molar refractivity (Wildman–Crippen MR) is 102 cm³/mol. The van der Waals surface area contributed by atoms with Crippen LogP contribution in [0.25, 0.3) is 5.65 Å². The lowest BCUT2D eigenvalue weighted by molar-refractivity contribution is -0.127. The first kappa shape index (κ1) is 17.1. The van der Waals surface area contributed by atoms with Gasteiger partial charge in [-0.15, -0.1) is 10.2 Å². The first-order valence-corrected chi connectivity index (χ1v) is 10.4. The van der Waals surface area contributed by atoms with Crippen molar-refractivity contribution in [2.75, 3.05) is 32.7 Å². The van der Waals surface area contributed by atoms with Crippen LogP contribution >= 0.6 is 0 Å². The molecule has 3 aliphatic rings. The van der Waals surface area contributed by atoms with Crippen LogP contribution in [-0.2, 0) is 4.79 Å². The van der Waals surface area contributed by atoms with Crippen molar-refractivity contribution in [1.82, 2.24) is 29.6 Å². The first-order valence-electron chi connectivity index (χ1n) is 10.4. The fourth-order valence-corrected chi connectivity index (χ4v) is 4.68. The Morgan fingerprint density at radius 2 is 1.85 bits per heavy atom. The van der Waals surface area contributed by atoms with Crippen molar-refractivity contribution in [1.29, 1.82) is 0 Å². The topological polar surface area (TPSA) is 66.6 Å². The summed E-state index contributed by atoms with van der Waals surface area (Å²) >= 11 is 0. The highest BCUT2D eigenvalue weighted by Crippen LogP contribution is 2.39. The van der Waals surface area contributed by atoms with Crippen LogP contribution < -0.4 is 0 Å². The first-order chi connectivity index (χ1) is 13.2. The van der Waals surface area contributed by atoms with Crippen molar-refractivity contribution >= 4 is 11.6 Å². The summed E-state index contributed by atoms with van der Waals surface area (Å²) < 4.78 is 2.00. The Balaban J connectivity index is 1.21. The summed E-state index contributed by atoms with van der Waals surface area (Å²) in [6, 6.07) is 4.17. The maximum absolute atomic E-state index is 11.5. The minimum absolute atomic E-state index is 0.216. The molecule has 2 saturated heterocycles. The molecule has 4 heterocycles. The molecule has 1 aliphatic carbocycles. The van der Waals surface area contributed by atoms with E-state index < -0.39 is 0 Å². The molecular formula is C20H28N6O. The molecule has 7 nitrogen and oxygen atoms in total. The van der Waals surface area contributed by atoms with Crippen molar-refractivity contribution in [3.63, 3.8) is 0 Å². The molecule has 0 aromatic carbocycles. The summed E-state index contributed by atoms with van der Waals surface area (Å²) in [5, 5.41) is 13.7. The molecule has 0 N–H and O–H groups in total. The van der Waals surface area contributed by atoms with E-state index in [1.807, 2.05) is 9.42 Å². The molecule has 144 valence electrons. The standard InChI is InChI=1S/C20H28N6O/c1-14(27)25-11-6-15(13-25)12-24-9-7-17(8-10-24)20-22-21-19-5-4-18(16-2-3-16)23-26(19)20/h4-5,15-17H,2-3,6-13H2,1H3. The molecule has 1 atom stereocenters. The minimum atomic E-state index is 0.216. The van der Waals surface area contributed by atoms with Gasteiger partial charge >= 0.3 is 0 Å². The second-order valence-corrected chi connectivity index (χ2v) is 8.56. The van der Waals surface area contributed by atoms with Crippen LogP contribution in [0.1, 0.15) is 62.4 Å². The van der Waals surface area contributed by atoms with E-state index in [0.717, 1.165) is 63.5 Å². The van der Waals surface area contributed by atoms with Crippen LogP contribution in [0, 0.1) is 5.92 Å². The second-order valence-electron chi connectivity index (χ2n) is 8.56. The summed E-state index contributed by atoms with van der Waals surface area (Å²) in [4.78, 5) is 16.1. The molecule has 3 fully saturated rings. The molecule has 1 amide bonds. The van der Waals surface area contributed by atoms with Gasteiger partial charge in [-0.1, -0.05) is 0 Å². The molecule has 2 aromatic heterocycles. The normalized spacial score (nSPS) is 24.8. The Morgan fingerprint density at radius 3 is 2.56 bits per heavy atom. The van der Waals surface area contributed by atoms with Gasteiger partial charge in [-0.05, 0) is 63.2 Å². The lowest BCUT2D eigenvalue weighted by Gasteiger charge is -2.32. The number of nitrogens with zero attached hydrogens (tertiary/aromatic N) is 6. The monoisotopic (exact) mass is 368 g/mol. The number of likely N-dealkylation sites (tertiary alicyclic amines) is 2. The van der Waals surface area contributed by atoms with Crippen molar-refractivity contribution in [3.8, 4) is 0 Å². The zero-order valence-corrected chi connectivity index (χ0v) is 16.0. The summed E-state index contributed by atoms with van der Waals surface area (Å²) in [6.45, 7) is 6.84. The number of carbonyl (C=O) groups is 1. The van der Waals surface area contributed by atoms with Crippen LogP contribution in [0.2, 0.25) is 0 Å². The van der Waals surface area contributed by atoms with Gasteiger partial charge in [0.25, 0.3) is 0 Å². The van der Waals surface area contributed by atoms with E-state index in [-0.39, 0.29) is 5.91 Å². The van der Waals surface area contributed by atoms with E-state index in [9.17, 15) is 4.79 Å². The van der Waals surface area contributed by atoms with Crippen LogP contribution in [0.3, 0.4) is 0 Å². The molecule has 27 heavy (non-hydrogen) atoms. The largest absolute Gasteiger partial charge is 0.343 e. The maximum Gasteiger partial charge on any atom is 0.219 e. The maximum atomic E-state index is 11.5.